The highest BCUT2D eigenvalue weighted by Crippen LogP contribution is 2.28. The Morgan fingerprint density at radius 3 is 2.87 bits per heavy atom. The van der Waals surface area contributed by atoms with Crippen LogP contribution in [0.5, 0.6) is 0 Å². The van der Waals surface area contributed by atoms with Gasteiger partial charge in [-0.05, 0) is 30.9 Å². The first-order valence-electron chi connectivity index (χ1n) is 5.50. The molecule has 0 aromatic carbocycles. The van der Waals surface area contributed by atoms with Crippen molar-refractivity contribution in [3.8, 4) is 0 Å². The fraction of sp³-hybridized carbons (Fsp3) is 0.583. The summed E-state index contributed by atoms with van der Waals surface area (Å²) in [5, 5.41) is 0. The summed E-state index contributed by atoms with van der Waals surface area (Å²) in [6, 6.07) is 2.97. The predicted octanol–water partition coefficient (Wildman–Crippen LogP) is 2.59. The van der Waals surface area contributed by atoms with E-state index in [0.717, 1.165) is 25.0 Å². The van der Waals surface area contributed by atoms with E-state index in [0.29, 0.717) is 0 Å². The van der Waals surface area contributed by atoms with Crippen molar-refractivity contribution in [2.24, 2.45) is 0 Å². The van der Waals surface area contributed by atoms with Gasteiger partial charge in [-0.3, -0.25) is 9.88 Å². The fourth-order valence-electron chi connectivity index (χ4n) is 1.88. The molecule has 2 rings (SSSR count). The van der Waals surface area contributed by atoms with Crippen molar-refractivity contribution in [1.82, 2.24) is 9.88 Å². The van der Waals surface area contributed by atoms with Crippen LogP contribution in [0, 0.1) is 6.92 Å². The summed E-state index contributed by atoms with van der Waals surface area (Å²) >= 11 is 5.81. The van der Waals surface area contributed by atoms with Crippen LogP contribution in [0.15, 0.2) is 18.5 Å². The first-order chi connectivity index (χ1) is 7.29. The predicted molar refractivity (Wildman–Crippen MR) is 63.1 cm³/mol. The molecule has 1 aliphatic rings. The molecule has 3 heteroatoms. The molecule has 2 nitrogen and oxygen atoms in total. The zero-order chi connectivity index (χ0) is 10.7. The fourth-order valence-corrected chi connectivity index (χ4v) is 2.09. The number of aromatic nitrogens is 1. The molecule has 1 heterocycles. The first-order valence-corrected chi connectivity index (χ1v) is 6.03. The van der Waals surface area contributed by atoms with E-state index in [1.54, 1.807) is 0 Å². The van der Waals surface area contributed by atoms with Gasteiger partial charge in [-0.25, -0.2) is 0 Å². The summed E-state index contributed by atoms with van der Waals surface area (Å²) in [5.74, 6) is 0.718. The maximum Gasteiger partial charge on any atom is 0.0351 e. The van der Waals surface area contributed by atoms with Gasteiger partial charge in [0.2, 0.25) is 0 Å². The lowest BCUT2D eigenvalue weighted by Crippen LogP contribution is -2.27. The summed E-state index contributed by atoms with van der Waals surface area (Å²) in [4.78, 5) is 6.68. The van der Waals surface area contributed by atoms with Gasteiger partial charge in [0.15, 0.2) is 0 Å². The van der Waals surface area contributed by atoms with Crippen molar-refractivity contribution >= 4 is 11.6 Å². The standard InChI is InChI=1S/C12H17ClN2/c1-10-6-11(8-14-7-10)9-15(5-4-13)12-2-3-12/h6-8,12H,2-5,9H2,1H3. The second-order valence-corrected chi connectivity index (χ2v) is 4.64. The minimum Gasteiger partial charge on any atom is -0.295 e. The molecule has 0 spiro atoms. The van der Waals surface area contributed by atoms with Gasteiger partial charge in [0.25, 0.3) is 0 Å². The molecule has 15 heavy (non-hydrogen) atoms. The summed E-state index contributed by atoms with van der Waals surface area (Å²) < 4.78 is 0. The van der Waals surface area contributed by atoms with Crippen LogP contribution in [0.2, 0.25) is 0 Å². The maximum absolute atomic E-state index is 5.81. The molecule has 0 saturated heterocycles. The first kappa shape index (κ1) is 10.9. The van der Waals surface area contributed by atoms with Gasteiger partial charge in [0.1, 0.15) is 0 Å². The third kappa shape index (κ3) is 3.18. The molecular weight excluding hydrogens is 208 g/mol. The van der Waals surface area contributed by atoms with E-state index in [9.17, 15) is 0 Å². The van der Waals surface area contributed by atoms with E-state index in [-0.39, 0.29) is 0 Å². The Morgan fingerprint density at radius 1 is 1.47 bits per heavy atom. The summed E-state index contributed by atoms with van der Waals surface area (Å²) in [5.41, 5.74) is 2.53. The molecule has 1 aliphatic carbocycles. The number of halogens is 1. The Morgan fingerprint density at radius 2 is 2.27 bits per heavy atom. The second-order valence-electron chi connectivity index (χ2n) is 4.26. The number of hydrogen-bond acceptors (Lipinski definition) is 2. The molecule has 0 radical (unpaired) electrons. The highest BCUT2D eigenvalue weighted by molar-refractivity contribution is 6.18. The number of rotatable bonds is 5. The SMILES string of the molecule is Cc1cncc(CN(CCCl)C2CC2)c1. The Bertz CT molecular complexity index is 323. The summed E-state index contributed by atoms with van der Waals surface area (Å²) in [6.45, 7) is 4.06. The van der Waals surface area contributed by atoms with Gasteiger partial charge in [-0.15, -0.1) is 11.6 Å². The van der Waals surface area contributed by atoms with Crippen molar-refractivity contribution in [3.05, 3.63) is 29.6 Å². The average molecular weight is 225 g/mol. The zero-order valence-corrected chi connectivity index (χ0v) is 9.87. The van der Waals surface area contributed by atoms with Crippen molar-refractivity contribution in [1.29, 1.82) is 0 Å². The molecule has 0 N–H and O–H groups in total. The quantitative estimate of drug-likeness (QED) is 0.715. The van der Waals surface area contributed by atoms with Crippen molar-refractivity contribution in [2.75, 3.05) is 12.4 Å². The molecule has 1 saturated carbocycles. The normalized spacial score (nSPS) is 15.9. The molecule has 0 amide bonds. The van der Waals surface area contributed by atoms with Crippen molar-refractivity contribution < 1.29 is 0 Å². The molecular formula is C12H17ClN2. The maximum atomic E-state index is 5.81. The smallest absolute Gasteiger partial charge is 0.0351 e. The van der Waals surface area contributed by atoms with Crippen LogP contribution in [0.4, 0.5) is 0 Å². The van der Waals surface area contributed by atoms with Gasteiger partial charge in [-0.1, -0.05) is 6.07 Å². The molecule has 0 atom stereocenters. The Kier molecular flexibility index (Phi) is 3.60. The number of alkyl halides is 1. The lowest BCUT2D eigenvalue weighted by atomic mass is 10.2. The Labute approximate surface area is 96.3 Å². The van der Waals surface area contributed by atoms with Gasteiger partial charge in [0, 0.05) is 37.4 Å². The van der Waals surface area contributed by atoms with Gasteiger partial charge in [0.05, 0.1) is 0 Å². The molecule has 1 fully saturated rings. The highest BCUT2D eigenvalue weighted by Gasteiger charge is 2.28. The lowest BCUT2D eigenvalue weighted by Gasteiger charge is -2.20. The Balaban J connectivity index is 1.98. The highest BCUT2D eigenvalue weighted by atomic mass is 35.5. The van der Waals surface area contributed by atoms with E-state index < -0.39 is 0 Å². The summed E-state index contributed by atoms with van der Waals surface area (Å²) in [7, 11) is 0. The number of hydrogen-bond donors (Lipinski definition) is 0. The van der Waals surface area contributed by atoms with E-state index in [4.69, 9.17) is 11.6 Å². The molecule has 0 aliphatic heterocycles. The van der Waals surface area contributed by atoms with Crippen LogP contribution in [-0.2, 0) is 6.54 Å². The number of pyridine rings is 1. The molecule has 1 aromatic heterocycles. The van der Waals surface area contributed by atoms with E-state index in [2.05, 4.69) is 22.9 Å². The summed E-state index contributed by atoms with van der Waals surface area (Å²) in [6.07, 6.45) is 6.51. The minimum atomic E-state index is 0.718. The van der Waals surface area contributed by atoms with Crippen molar-refractivity contribution in [2.45, 2.75) is 32.4 Å². The third-order valence-electron chi connectivity index (χ3n) is 2.75. The van der Waals surface area contributed by atoms with Crippen LogP contribution < -0.4 is 0 Å². The van der Waals surface area contributed by atoms with Gasteiger partial charge >= 0.3 is 0 Å². The lowest BCUT2D eigenvalue weighted by molar-refractivity contribution is 0.270. The number of aryl methyl sites for hydroxylation is 1. The van der Waals surface area contributed by atoms with E-state index in [1.165, 1.54) is 24.0 Å². The van der Waals surface area contributed by atoms with Gasteiger partial charge < -0.3 is 0 Å². The van der Waals surface area contributed by atoms with Gasteiger partial charge in [-0.2, -0.15) is 0 Å². The van der Waals surface area contributed by atoms with E-state index in [1.807, 2.05) is 12.4 Å². The molecule has 0 bridgehead atoms. The van der Waals surface area contributed by atoms with E-state index >= 15 is 0 Å². The number of nitrogens with zero attached hydrogens (tertiary/aromatic N) is 2. The third-order valence-corrected chi connectivity index (χ3v) is 2.92. The van der Waals surface area contributed by atoms with Crippen LogP contribution >= 0.6 is 11.6 Å². The Hall–Kier alpha value is -0.600. The average Bonchev–Trinajstić information content (AvgIpc) is 3.00. The second kappa shape index (κ2) is 4.95. The van der Waals surface area contributed by atoms with Crippen molar-refractivity contribution in [3.63, 3.8) is 0 Å². The van der Waals surface area contributed by atoms with Crippen LogP contribution in [0.3, 0.4) is 0 Å². The van der Waals surface area contributed by atoms with Crippen LogP contribution in [-0.4, -0.2) is 28.4 Å². The monoisotopic (exact) mass is 224 g/mol. The molecule has 1 aromatic rings. The largest absolute Gasteiger partial charge is 0.295 e. The topological polar surface area (TPSA) is 16.1 Å². The molecule has 82 valence electrons. The zero-order valence-electron chi connectivity index (χ0n) is 9.12. The van der Waals surface area contributed by atoms with Crippen LogP contribution in [0.1, 0.15) is 24.0 Å². The molecule has 0 unspecified atom stereocenters. The van der Waals surface area contributed by atoms with Crippen LogP contribution in [0.25, 0.3) is 0 Å². The minimum absolute atomic E-state index is 0.718.